The van der Waals surface area contributed by atoms with E-state index in [4.69, 9.17) is 25.8 Å². The van der Waals surface area contributed by atoms with Crippen LogP contribution in [0.3, 0.4) is 0 Å². The molecule has 0 radical (unpaired) electrons. The minimum Gasteiger partial charge on any atom is -0.465 e. The lowest BCUT2D eigenvalue weighted by molar-refractivity contribution is -0.154. The van der Waals surface area contributed by atoms with Crippen LogP contribution in [0.1, 0.15) is 122 Å². The standard InChI is InChI=1S/C29H35N3O5.C28H37ClN2O4/c1-7-29(3,4)28(35)37-18-8-17-36-27(34)22-11-15-24(16-12-22)32-26(33)25(20(2)30-32)19-21-9-13-23(14-10-21)31(5)6;1-8-23-21(17-24(30-19(5)32)26(33)25(23)29)16-20-11-12-22(15-18(20)4)31(10-3)13-14-35-27(34)28(6,7)9-2/h9-16,19H,7-8,17-18H2,1-6H3;11-12,15-17H,8-10,13-14H2,1-7H3,(H,30,32)/b25-19+;21-16+. The molecule has 0 aromatic heterocycles. The molecule has 1 heterocycles. The Kier molecular flexibility index (Phi) is 20.9. The van der Waals surface area contributed by atoms with Gasteiger partial charge in [0.2, 0.25) is 11.7 Å². The average molecular weight is 1010 g/mol. The highest BCUT2D eigenvalue weighted by molar-refractivity contribution is 6.46. The van der Waals surface area contributed by atoms with Gasteiger partial charge >= 0.3 is 17.9 Å². The van der Waals surface area contributed by atoms with E-state index < -0.39 is 16.8 Å². The number of halogens is 1. The molecule has 1 aliphatic heterocycles. The van der Waals surface area contributed by atoms with Crippen LogP contribution in [0.4, 0.5) is 17.1 Å². The van der Waals surface area contributed by atoms with Gasteiger partial charge in [0.25, 0.3) is 5.91 Å². The molecule has 0 saturated carbocycles. The number of hydrazone groups is 1. The summed E-state index contributed by atoms with van der Waals surface area (Å²) in [7, 11) is 3.95. The number of carbonyl (C=O) groups is 6. The van der Waals surface area contributed by atoms with Crippen molar-refractivity contribution >= 4 is 82.0 Å². The summed E-state index contributed by atoms with van der Waals surface area (Å²) >= 11 is 6.36. The van der Waals surface area contributed by atoms with Crippen molar-refractivity contribution in [2.24, 2.45) is 15.9 Å². The van der Waals surface area contributed by atoms with Crippen LogP contribution in [0.25, 0.3) is 12.2 Å². The molecule has 2 amide bonds. The molecule has 0 unspecified atom stereocenters. The molecule has 0 fully saturated rings. The van der Waals surface area contributed by atoms with Crippen molar-refractivity contribution in [2.45, 2.75) is 102 Å². The van der Waals surface area contributed by atoms with Gasteiger partial charge in [-0.2, -0.15) is 10.1 Å². The Balaban J connectivity index is 0.000000313. The van der Waals surface area contributed by atoms with Gasteiger partial charge in [-0.15, -0.1) is 0 Å². The highest BCUT2D eigenvalue weighted by atomic mass is 35.5. The molecule has 1 N–H and O–H groups in total. The Morgan fingerprint density at radius 3 is 1.90 bits per heavy atom. The maximum absolute atomic E-state index is 13.1. The lowest BCUT2D eigenvalue weighted by Gasteiger charge is -2.26. The first-order valence-electron chi connectivity index (χ1n) is 24.5. The van der Waals surface area contributed by atoms with Gasteiger partial charge < -0.3 is 29.3 Å². The third-order valence-corrected chi connectivity index (χ3v) is 13.1. The fraction of sp³-hybridized carbons (Fsp3) is 0.421. The third kappa shape index (κ3) is 15.4. The predicted octanol–water partition coefficient (Wildman–Crippen LogP) is 10.8. The number of amides is 2. The first-order chi connectivity index (χ1) is 34.0. The molecule has 0 bridgehead atoms. The number of likely N-dealkylation sites (N-methyl/N-ethyl adjacent to an activating group) is 1. The van der Waals surface area contributed by atoms with Gasteiger partial charge in [-0.05, 0) is 162 Å². The van der Waals surface area contributed by atoms with Crippen LogP contribution in [-0.2, 0) is 38.2 Å². The summed E-state index contributed by atoms with van der Waals surface area (Å²) in [5.74, 6) is -1.84. The van der Waals surface area contributed by atoms with Gasteiger partial charge in [-0.25, -0.2) is 4.79 Å². The van der Waals surface area contributed by atoms with Crippen molar-refractivity contribution in [1.29, 1.82) is 0 Å². The van der Waals surface area contributed by atoms with Gasteiger partial charge in [0, 0.05) is 45.4 Å². The number of rotatable bonds is 20. The molecule has 0 saturated heterocycles. The second-order valence-electron chi connectivity index (χ2n) is 19.1. The van der Waals surface area contributed by atoms with E-state index in [-0.39, 0.29) is 53.5 Å². The fourth-order valence-corrected chi connectivity index (χ4v) is 7.49. The number of nitrogens with zero attached hydrogens (tertiary/aromatic N) is 4. The number of carbonyl (C=O) groups excluding carboxylic acids is 6. The van der Waals surface area contributed by atoms with Gasteiger partial charge in [0.1, 0.15) is 6.61 Å². The van der Waals surface area contributed by atoms with E-state index in [9.17, 15) is 28.8 Å². The Morgan fingerprint density at radius 2 is 1.36 bits per heavy atom. The van der Waals surface area contributed by atoms with Crippen LogP contribution in [0.15, 0.2) is 105 Å². The third-order valence-electron chi connectivity index (χ3n) is 12.7. The SMILES string of the molecule is CCC(C)(C)C(=O)OCCCOC(=O)c1ccc(N2N=C(C)/C(=C\c3ccc(N(C)C)cc3)C2=O)cc1.CCC1=C(Cl)C(=O)C(NC(C)=O)=C/C1=C\c1ccc(N(CC)CCOC(=O)C(C)(C)CC)cc1C. The molecule has 72 heavy (non-hydrogen) atoms. The lowest BCUT2D eigenvalue weighted by atomic mass is 9.91. The first kappa shape index (κ1) is 57.8. The number of hydrogen-bond acceptors (Lipinski definition) is 12. The van der Waals surface area contributed by atoms with Crippen molar-refractivity contribution in [3.63, 3.8) is 0 Å². The highest BCUT2D eigenvalue weighted by Gasteiger charge is 2.30. The number of esters is 3. The predicted molar refractivity (Wildman–Crippen MR) is 288 cm³/mol. The van der Waals surface area contributed by atoms with Gasteiger partial charge in [-0.3, -0.25) is 24.0 Å². The number of ether oxygens (including phenoxy) is 3. The molecule has 1 aliphatic carbocycles. The second kappa shape index (κ2) is 26.1. The van der Waals surface area contributed by atoms with Gasteiger partial charge in [-0.1, -0.05) is 50.6 Å². The lowest BCUT2D eigenvalue weighted by Crippen LogP contribution is -2.31. The van der Waals surface area contributed by atoms with E-state index >= 15 is 0 Å². The number of allylic oxidation sites excluding steroid dienone is 4. The summed E-state index contributed by atoms with van der Waals surface area (Å²) in [5.41, 5.74) is 7.84. The summed E-state index contributed by atoms with van der Waals surface area (Å²) in [6.45, 7) is 22.6. The van der Waals surface area contributed by atoms with Crippen LogP contribution in [0, 0.1) is 17.8 Å². The molecule has 3 aromatic rings. The second-order valence-corrected chi connectivity index (χ2v) is 19.4. The number of Topliss-reactive ketones (excluding diaryl/α,β-unsaturated/α-hetero) is 1. The van der Waals surface area contributed by atoms with Crippen LogP contribution in [0.5, 0.6) is 0 Å². The Labute approximate surface area is 430 Å². The Bertz CT molecular complexity index is 2640. The topological polar surface area (TPSA) is 164 Å². The maximum atomic E-state index is 13.1. The molecule has 15 heteroatoms. The van der Waals surface area contributed by atoms with E-state index in [1.165, 1.54) is 11.9 Å². The molecule has 5 rings (SSSR count). The molecule has 14 nitrogen and oxygen atoms in total. The van der Waals surface area contributed by atoms with E-state index in [2.05, 4.69) is 28.3 Å². The van der Waals surface area contributed by atoms with Gasteiger partial charge in [0.15, 0.2) is 0 Å². The van der Waals surface area contributed by atoms with Crippen LogP contribution < -0.4 is 20.1 Å². The zero-order valence-electron chi connectivity index (χ0n) is 44.3. The summed E-state index contributed by atoms with van der Waals surface area (Å²) in [4.78, 5) is 77.9. The summed E-state index contributed by atoms with van der Waals surface area (Å²) in [6, 6.07) is 20.6. The zero-order valence-corrected chi connectivity index (χ0v) is 45.0. The summed E-state index contributed by atoms with van der Waals surface area (Å²) in [6.07, 6.45) is 7.92. The molecule has 3 aromatic carbocycles. The molecular weight excluding hydrogens is 934 g/mol. The number of ketones is 1. The first-order valence-corrected chi connectivity index (χ1v) is 24.9. The molecule has 386 valence electrons. The normalized spacial score (nSPS) is 14.9. The summed E-state index contributed by atoms with van der Waals surface area (Å²) in [5, 5.41) is 8.46. The van der Waals surface area contributed by atoms with Crippen molar-refractivity contribution in [3.05, 3.63) is 123 Å². The maximum Gasteiger partial charge on any atom is 0.338 e. The summed E-state index contributed by atoms with van der Waals surface area (Å²) < 4.78 is 16.0. The van der Waals surface area contributed by atoms with Crippen LogP contribution in [-0.4, -0.2) is 88.2 Å². The van der Waals surface area contributed by atoms with Crippen molar-refractivity contribution in [1.82, 2.24) is 5.32 Å². The van der Waals surface area contributed by atoms with E-state index in [0.29, 0.717) is 54.9 Å². The van der Waals surface area contributed by atoms with E-state index in [1.54, 1.807) is 37.3 Å². The molecule has 0 spiro atoms. The monoisotopic (exact) mass is 1010 g/mol. The fourth-order valence-electron chi connectivity index (χ4n) is 7.15. The van der Waals surface area contributed by atoms with Crippen molar-refractivity contribution < 1.29 is 43.0 Å². The van der Waals surface area contributed by atoms with Gasteiger partial charge in [0.05, 0.1) is 63.9 Å². The van der Waals surface area contributed by atoms with Crippen molar-refractivity contribution in [2.75, 3.05) is 61.8 Å². The highest BCUT2D eigenvalue weighted by Crippen LogP contribution is 2.33. The smallest absolute Gasteiger partial charge is 0.338 e. The molecule has 0 atom stereocenters. The Morgan fingerprint density at radius 1 is 0.778 bits per heavy atom. The molecular formula is C57H72ClN5O9. The largest absolute Gasteiger partial charge is 0.465 e. The average Bonchev–Trinajstić information content (AvgIpc) is 3.63. The quantitative estimate of drug-likeness (QED) is 0.0496. The zero-order chi connectivity index (χ0) is 53.5. The molecule has 2 aliphatic rings. The van der Waals surface area contributed by atoms with Crippen LogP contribution >= 0.6 is 11.6 Å². The van der Waals surface area contributed by atoms with E-state index in [0.717, 1.165) is 52.2 Å². The number of aryl methyl sites for hydroxylation is 1. The minimum atomic E-state index is -0.522. The number of nitrogens with one attached hydrogen (secondary N) is 1. The number of benzene rings is 3. The van der Waals surface area contributed by atoms with E-state index in [1.807, 2.05) is 123 Å². The van der Waals surface area contributed by atoms with Crippen molar-refractivity contribution in [3.8, 4) is 0 Å². The number of anilines is 3. The minimum absolute atomic E-state index is 0.136. The number of hydrogen-bond donors (Lipinski definition) is 1. The Hall–Kier alpha value is -6.80. The van der Waals surface area contributed by atoms with Crippen LogP contribution in [0.2, 0.25) is 0 Å².